The number of hydrogen-bond acceptors (Lipinski definition) is 6. The Bertz CT molecular complexity index is 1070. The summed E-state index contributed by atoms with van der Waals surface area (Å²) >= 11 is 0. The number of rotatable bonds is 6. The lowest BCUT2D eigenvalue weighted by Crippen LogP contribution is -2.39. The molecule has 0 aliphatic carbocycles. The quantitative estimate of drug-likeness (QED) is 0.642. The SMILES string of the molecule is Cc1cc(NC(=O)C(c2ccccc2)N2CCCN(Cc3ccc(C#N)cc3)CC2)no1. The van der Waals surface area contributed by atoms with Crippen LogP contribution in [0.15, 0.2) is 65.2 Å². The Morgan fingerprint density at radius 2 is 1.91 bits per heavy atom. The number of carbonyl (C=O) groups is 1. The standard InChI is InChI=1S/C25H27N5O2/c1-19-16-23(28-32-19)27-25(31)24(22-6-3-2-4-7-22)30-13-5-12-29(14-15-30)18-21-10-8-20(17-26)9-11-21/h2-4,6-11,16,24H,5,12-15,18H2,1H3,(H,27,28,31). The molecule has 0 saturated carbocycles. The molecule has 0 spiro atoms. The summed E-state index contributed by atoms with van der Waals surface area (Å²) in [7, 11) is 0. The van der Waals surface area contributed by atoms with Crippen LogP contribution in [-0.4, -0.2) is 47.0 Å². The first-order valence-corrected chi connectivity index (χ1v) is 10.9. The van der Waals surface area contributed by atoms with E-state index < -0.39 is 6.04 Å². The van der Waals surface area contributed by atoms with Crippen LogP contribution in [0.3, 0.4) is 0 Å². The summed E-state index contributed by atoms with van der Waals surface area (Å²) < 4.78 is 5.10. The van der Waals surface area contributed by atoms with E-state index in [1.165, 1.54) is 5.56 Å². The molecule has 1 amide bonds. The van der Waals surface area contributed by atoms with Gasteiger partial charge in [-0.2, -0.15) is 5.26 Å². The Hall–Kier alpha value is -3.47. The van der Waals surface area contributed by atoms with Gasteiger partial charge < -0.3 is 9.84 Å². The Morgan fingerprint density at radius 1 is 1.12 bits per heavy atom. The molecule has 1 aliphatic rings. The van der Waals surface area contributed by atoms with Gasteiger partial charge in [0, 0.05) is 32.2 Å². The van der Waals surface area contributed by atoms with Crippen LogP contribution >= 0.6 is 0 Å². The Morgan fingerprint density at radius 3 is 2.59 bits per heavy atom. The van der Waals surface area contributed by atoms with Gasteiger partial charge in [0.1, 0.15) is 11.8 Å². The predicted molar refractivity (Wildman–Crippen MR) is 122 cm³/mol. The monoisotopic (exact) mass is 429 g/mol. The molecule has 1 aliphatic heterocycles. The largest absolute Gasteiger partial charge is 0.360 e. The van der Waals surface area contributed by atoms with E-state index in [0.717, 1.165) is 44.7 Å². The molecular formula is C25H27N5O2. The van der Waals surface area contributed by atoms with Gasteiger partial charge in [-0.3, -0.25) is 14.6 Å². The molecule has 1 atom stereocenters. The van der Waals surface area contributed by atoms with Crippen molar-refractivity contribution in [2.45, 2.75) is 25.9 Å². The Kier molecular flexibility index (Phi) is 6.95. The molecule has 0 bridgehead atoms. The Labute approximate surface area is 188 Å². The van der Waals surface area contributed by atoms with E-state index in [2.05, 4.69) is 26.3 Å². The van der Waals surface area contributed by atoms with Gasteiger partial charge in [-0.1, -0.05) is 47.6 Å². The predicted octanol–water partition coefficient (Wildman–Crippen LogP) is 3.74. The number of anilines is 1. The number of aromatic nitrogens is 1. The highest BCUT2D eigenvalue weighted by atomic mass is 16.5. The smallest absolute Gasteiger partial charge is 0.247 e. The van der Waals surface area contributed by atoms with Gasteiger partial charge in [0.2, 0.25) is 5.91 Å². The zero-order chi connectivity index (χ0) is 22.3. The van der Waals surface area contributed by atoms with Crippen LogP contribution in [0.2, 0.25) is 0 Å². The minimum atomic E-state index is -0.400. The summed E-state index contributed by atoms with van der Waals surface area (Å²) in [5.74, 6) is 0.987. The molecule has 0 radical (unpaired) electrons. The molecule has 7 heteroatoms. The van der Waals surface area contributed by atoms with E-state index >= 15 is 0 Å². The van der Waals surface area contributed by atoms with Crippen molar-refractivity contribution in [1.29, 1.82) is 5.26 Å². The van der Waals surface area contributed by atoms with E-state index in [1.807, 2.05) is 54.6 Å². The maximum Gasteiger partial charge on any atom is 0.247 e. The number of nitrogens with one attached hydrogen (secondary N) is 1. The average Bonchev–Trinajstić information content (AvgIpc) is 3.08. The van der Waals surface area contributed by atoms with Crippen molar-refractivity contribution < 1.29 is 9.32 Å². The zero-order valence-electron chi connectivity index (χ0n) is 18.2. The number of benzene rings is 2. The molecule has 4 rings (SSSR count). The lowest BCUT2D eigenvalue weighted by molar-refractivity contribution is -0.121. The molecule has 32 heavy (non-hydrogen) atoms. The molecular weight excluding hydrogens is 402 g/mol. The second-order valence-corrected chi connectivity index (χ2v) is 8.10. The summed E-state index contributed by atoms with van der Waals surface area (Å²) in [6.07, 6.45) is 0.968. The summed E-state index contributed by atoms with van der Waals surface area (Å²) in [4.78, 5) is 17.9. The van der Waals surface area contributed by atoms with Crippen molar-refractivity contribution in [3.8, 4) is 6.07 Å². The molecule has 1 N–H and O–H groups in total. The van der Waals surface area contributed by atoms with Crippen molar-refractivity contribution in [3.63, 3.8) is 0 Å². The summed E-state index contributed by atoms with van der Waals surface area (Å²) in [6, 6.07) is 21.1. The van der Waals surface area contributed by atoms with Gasteiger partial charge in [-0.25, -0.2) is 0 Å². The Balaban J connectivity index is 1.46. The fraction of sp³-hybridized carbons (Fsp3) is 0.320. The summed E-state index contributed by atoms with van der Waals surface area (Å²) in [5.41, 5.74) is 2.83. The summed E-state index contributed by atoms with van der Waals surface area (Å²) in [5, 5.41) is 15.8. The minimum absolute atomic E-state index is 0.106. The van der Waals surface area contributed by atoms with Crippen molar-refractivity contribution in [2.75, 3.05) is 31.5 Å². The normalized spacial score (nSPS) is 16.1. The zero-order valence-corrected chi connectivity index (χ0v) is 18.2. The molecule has 1 fully saturated rings. The van der Waals surface area contributed by atoms with Crippen LogP contribution in [0.4, 0.5) is 5.82 Å². The maximum atomic E-state index is 13.3. The van der Waals surface area contributed by atoms with Gasteiger partial charge in [-0.05, 0) is 43.1 Å². The van der Waals surface area contributed by atoms with Gasteiger partial charge in [0.05, 0.1) is 11.6 Å². The van der Waals surface area contributed by atoms with Gasteiger partial charge >= 0.3 is 0 Å². The van der Waals surface area contributed by atoms with Crippen molar-refractivity contribution in [2.24, 2.45) is 0 Å². The number of nitriles is 1. The van der Waals surface area contributed by atoms with Crippen LogP contribution in [0.25, 0.3) is 0 Å². The second kappa shape index (κ2) is 10.2. The topological polar surface area (TPSA) is 85.4 Å². The van der Waals surface area contributed by atoms with Crippen LogP contribution in [0.5, 0.6) is 0 Å². The first kappa shape index (κ1) is 21.8. The summed E-state index contributed by atoms with van der Waals surface area (Å²) in [6.45, 7) is 6.06. The highest BCUT2D eigenvalue weighted by molar-refractivity contribution is 5.94. The van der Waals surface area contributed by atoms with Crippen LogP contribution < -0.4 is 5.32 Å². The maximum absolute atomic E-state index is 13.3. The van der Waals surface area contributed by atoms with E-state index in [4.69, 9.17) is 9.78 Å². The lowest BCUT2D eigenvalue weighted by Gasteiger charge is -2.30. The van der Waals surface area contributed by atoms with Gasteiger partial charge in [0.25, 0.3) is 0 Å². The first-order chi connectivity index (χ1) is 15.6. The van der Waals surface area contributed by atoms with Gasteiger partial charge in [-0.15, -0.1) is 0 Å². The molecule has 3 aromatic rings. The van der Waals surface area contributed by atoms with Crippen molar-refractivity contribution >= 4 is 11.7 Å². The van der Waals surface area contributed by atoms with E-state index in [9.17, 15) is 4.79 Å². The number of carbonyl (C=O) groups excluding carboxylic acids is 1. The van der Waals surface area contributed by atoms with Crippen LogP contribution in [0.1, 0.15) is 34.9 Å². The number of nitrogens with zero attached hydrogens (tertiary/aromatic N) is 4. The molecule has 1 unspecified atom stereocenters. The fourth-order valence-electron chi connectivity index (χ4n) is 4.13. The van der Waals surface area contributed by atoms with Crippen molar-refractivity contribution in [1.82, 2.24) is 15.0 Å². The molecule has 2 aromatic carbocycles. The van der Waals surface area contributed by atoms with Crippen LogP contribution in [-0.2, 0) is 11.3 Å². The third kappa shape index (κ3) is 5.41. The molecule has 7 nitrogen and oxygen atoms in total. The van der Waals surface area contributed by atoms with E-state index in [-0.39, 0.29) is 5.91 Å². The third-order valence-electron chi connectivity index (χ3n) is 5.72. The van der Waals surface area contributed by atoms with Crippen molar-refractivity contribution in [3.05, 3.63) is 83.1 Å². The lowest BCUT2D eigenvalue weighted by atomic mass is 10.0. The molecule has 164 valence electrons. The van der Waals surface area contributed by atoms with E-state index in [1.54, 1.807) is 13.0 Å². The second-order valence-electron chi connectivity index (χ2n) is 8.10. The third-order valence-corrected chi connectivity index (χ3v) is 5.72. The first-order valence-electron chi connectivity index (χ1n) is 10.9. The molecule has 1 aromatic heterocycles. The van der Waals surface area contributed by atoms with E-state index in [0.29, 0.717) is 17.1 Å². The number of amides is 1. The number of aryl methyl sites for hydroxylation is 1. The highest BCUT2D eigenvalue weighted by Crippen LogP contribution is 2.25. The molecule has 2 heterocycles. The average molecular weight is 430 g/mol. The fourth-order valence-corrected chi connectivity index (χ4v) is 4.13. The van der Waals surface area contributed by atoms with Gasteiger partial charge in [0.15, 0.2) is 5.82 Å². The minimum Gasteiger partial charge on any atom is -0.360 e. The number of hydrogen-bond donors (Lipinski definition) is 1. The van der Waals surface area contributed by atoms with Crippen LogP contribution in [0, 0.1) is 18.3 Å². The highest BCUT2D eigenvalue weighted by Gasteiger charge is 2.30. The molecule has 1 saturated heterocycles.